The number of hydrogen-bond donors (Lipinski definition) is 3. The van der Waals surface area contributed by atoms with Crippen LogP contribution in [0.15, 0.2) is 91.1 Å². The number of aromatic hydroxyl groups is 1. The first kappa shape index (κ1) is 24.3. The molecule has 0 radical (unpaired) electrons. The summed E-state index contributed by atoms with van der Waals surface area (Å²) in [4.78, 5) is 17.2. The SMILES string of the molecule is CPc1cnn2c(NCc3cccc(NC(=O)COc4ccccc4)c3)cc(-c3ccccc3O)nc12. The fraction of sp³-hybridized carbons (Fsp3) is 0.107. The molecule has 0 bridgehead atoms. The van der Waals surface area contributed by atoms with Crippen LogP contribution in [0, 0.1) is 0 Å². The molecule has 186 valence electrons. The lowest BCUT2D eigenvalue weighted by Gasteiger charge is -2.13. The maximum atomic E-state index is 12.4. The molecule has 5 rings (SSSR count). The molecule has 1 unspecified atom stereocenters. The van der Waals surface area contributed by atoms with Gasteiger partial charge in [-0.2, -0.15) is 9.61 Å². The molecular formula is C28H26N5O3P. The average Bonchev–Trinajstić information content (AvgIpc) is 3.35. The molecule has 2 aromatic heterocycles. The van der Waals surface area contributed by atoms with Crippen molar-refractivity contribution in [2.45, 2.75) is 6.54 Å². The van der Waals surface area contributed by atoms with Crippen molar-refractivity contribution >= 4 is 36.9 Å². The fourth-order valence-electron chi connectivity index (χ4n) is 3.91. The number of amides is 1. The summed E-state index contributed by atoms with van der Waals surface area (Å²) in [7, 11) is 0.530. The van der Waals surface area contributed by atoms with E-state index in [4.69, 9.17) is 9.72 Å². The molecule has 37 heavy (non-hydrogen) atoms. The minimum atomic E-state index is -0.235. The van der Waals surface area contributed by atoms with Gasteiger partial charge in [0.15, 0.2) is 12.3 Å². The Hall–Kier alpha value is -4.42. The van der Waals surface area contributed by atoms with Crippen LogP contribution >= 0.6 is 8.58 Å². The van der Waals surface area contributed by atoms with E-state index in [2.05, 4.69) is 22.4 Å². The van der Waals surface area contributed by atoms with Gasteiger partial charge in [-0.1, -0.05) is 51.0 Å². The van der Waals surface area contributed by atoms with E-state index in [1.807, 2.05) is 79.0 Å². The number of fused-ring (bicyclic) bond motifs is 1. The molecule has 2 heterocycles. The Bertz CT molecular complexity index is 1540. The van der Waals surface area contributed by atoms with Crippen LogP contribution in [0.25, 0.3) is 16.9 Å². The lowest BCUT2D eigenvalue weighted by molar-refractivity contribution is -0.118. The number of hydrogen-bond acceptors (Lipinski definition) is 6. The molecular weight excluding hydrogens is 485 g/mol. The smallest absolute Gasteiger partial charge is 0.262 e. The first-order chi connectivity index (χ1) is 18.1. The van der Waals surface area contributed by atoms with Crippen molar-refractivity contribution in [2.24, 2.45) is 0 Å². The fourth-order valence-corrected chi connectivity index (χ4v) is 4.48. The van der Waals surface area contributed by atoms with Gasteiger partial charge in [-0.3, -0.25) is 4.79 Å². The van der Waals surface area contributed by atoms with Crippen molar-refractivity contribution in [3.63, 3.8) is 0 Å². The molecule has 1 atom stereocenters. The van der Waals surface area contributed by atoms with Crippen molar-refractivity contribution < 1.29 is 14.6 Å². The molecule has 8 nitrogen and oxygen atoms in total. The van der Waals surface area contributed by atoms with E-state index in [-0.39, 0.29) is 18.3 Å². The lowest BCUT2D eigenvalue weighted by atomic mass is 10.1. The van der Waals surface area contributed by atoms with Gasteiger partial charge in [0.05, 0.1) is 11.9 Å². The number of aromatic nitrogens is 3. The number of carbonyl (C=O) groups is 1. The summed E-state index contributed by atoms with van der Waals surface area (Å²) in [5.41, 5.74) is 3.73. The largest absolute Gasteiger partial charge is 0.507 e. The van der Waals surface area contributed by atoms with E-state index in [0.29, 0.717) is 37.8 Å². The van der Waals surface area contributed by atoms with Gasteiger partial charge in [-0.15, -0.1) is 0 Å². The Morgan fingerprint density at radius 2 is 1.84 bits per heavy atom. The summed E-state index contributed by atoms with van der Waals surface area (Å²) in [5.74, 6) is 1.33. The quantitative estimate of drug-likeness (QED) is 0.249. The van der Waals surface area contributed by atoms with Gasteiger partial charge >= 0.3 is 0 Å². The standard InChI is InChI=1S/C28H26N5O3P/c1-37-25-17-30-33-26(15-23(32-28(25)33)22-12-5-6-13-24(22)34)29-16-19-8-7-9-20(14-19)31-27(35)18-36-21-10-3-2-4-11-21/h2-15,17,29,34,37H,16,18H2,1H3,(H,31,35). The molecule has 0 aliphatic carbocycles. The molecule has 0 aliphatic rings. The number of nitrogens with zero attached hydrogens (tertiary/aromatic N) is 3. The van der Waals surface area contributed by atoms with E-state index in [0.717, 1.165) is 22.3 Å². The number of ether oxygens (including phenoxy) is 1. The van der Waals surface area contributed by atoms with Gasteiger partial charge in [0.2, 0.25) is 0 Å². The van der Waals surface area contributed by atoms with E-state index in [1.54, 1.807) is 16.6 Å². The summed E-state index contributed by atoms with van der Waals surface area (Å²) >= 11 is 0. The number of anilines is 2. The number of phenols is 1. The van der Waals surface area contributed by atoms with Crippen LogP contribution in [0.2, 0.25) is 0 Å². The van der Waals surface area contributed by atoms with E-state index in [1.165, 1.54) is 0 Å². The normalized spacial score (nSPS) is 11.2. The maximum Gasteiger partial charge on any atom is 0.262 e. The number of rotatable bonds is 9. The highest BCUT2D eigenvalue weighted by atomic mass is 31.1. The zero-order valence-electron chi connectivity index (χ0n) is 20.2. The molecule has 0 saturated carbocycles. The van der Waals surface area contributed by atoms with Crippen LogP contribution in [0.5, 0.6) is 11.5 Å². The topological polar surface area (TPSA) is 101 Å². The third-order valence-electron chi connectivity index (χ3n) is 5.72. The average molecular weight is 512 g/mol. The summed E-state index contributed by atoms with van der Waals surface area (Å²) in [5, 5.41) is 22.3. The van der Waals surface area contributed by atoms with Gasteiger partial charge < -0.3 is 20.5 Å². The predicted molar refractivity (Wildman–Crippen MR) is 148 cm³/mol. The Morgan fingerprint density at radius 1 is 1.03 bits per heavy atom. The molecule has 0 spiro atoms. The molecule has 3 N–H and O–H groups in total. The summed E-state index contributed by atoms with van der Waals surface area (Å²) in [6, 6.07) is 25.9. The second kappa shape index (κ2) is 11.1. The van der Waals surface area contributed by atoms with Crippen LogP contribution in [0.4, 0.5) is 11.5 Å². The summed E-state index contributed by atoms with van der Waals surface area (Å²) in [6.45, 7) is 2.51. The highest BCUT2D eigenvalue weighted by Gasteiger charge is 2.14. The number of para-hydroxylation sites is 2. The van der Waals surface area contributed by atoms with Crippen LogP contribution in [0.3, 0.4) is 0 Å². The van der Waals surface area contributed by atoms with E-state index < -0.39 is 0 Å². The zero-order chi connectivity index (χ0) is 25.6. The van der Waals surface area contributed by atoms with Crippen molar-refractivity contribution in [1.29, 1.82) is 0 Å². The lowest BCUT2D eigenvalue weighted by Crippen LogP contribution is -2.20. The van der Waals surface area contributed by atoms with Gasteiger partial charge in [0, 0.05) is 29.2 Å². The molecule has 3 aromatic carbocycles. The monoisotopic (exact) mass is 511 g/mol. The Morgan fingerprint density at radius 3 is 2.65 bits per heavy atom. The molecule has 5 aromatic rings. The first-order valence-corrected chi connectivity index (χ1v) is 13.3. The Labute approximate surface area is 216 Å². The third-order valence-corrected chi connectivity index (χ3v) is 6.61. The second-order valence-electron chi connectivity index (χ2n) is 8.29. The van der Waals surface area contributed by atoms with Crippen molar-refractivity contribution in [3.05, 3.63) is 96.7 Å². The molecule has 0 aliphatic heterocycles. The second-order valence-corrected chi connectivity index (χ2v) is 9.33. The van der Waals surface area contributed by atoms with Crippen molar-refractivity contribution in [3.8, 4) is 22.8 Å². The maximum absolute atomic E-state index is 12.4. The Kier molecular flexibility index (Phi) is 7.28. The molecule has 0 saturated heterocycles. The molecule has 0 fully saturated rings. The van der Waals surface area contributed by atoms with Gasteiger partial charge in [-0.05, 0) is 48.6 Å². The number of phenolic OH excluding ortho intramolecular Hbond substituents is 1. The third kappa shape index (κ3) is 5.71. The van der Waals surface area contributed by atoms with E-state index >= 15 is 0 Å². The number of nitrogens with one attached hydrogen (secondary N) is 2. The highest BCUT2D eigenvalue weighted by molar-refractivity contribution is 7.46. The van der Waals surface area contributed by atoms with Gasteiger partial charge in [0.1, 0.15) is 17.3 Å². The molecule has 1 amide bonds. The summed E-state index contributed by atoms with van der Waals surface area (Å²) in [6.07, 6.45) is 1.83. The summed E-state index contributed by atoms with van der Waals surface area (Å²) < 4.78 is 7.31. The minimum Gasteiger partial charge on any atom is -0.507 e. The number of carbonyl (C=O) groups excluding carboxylic acids is 1. The van der Waals surface area contributed by atoms with Crippen LogP contribution < -0.4 is 20.7 Å². The van der Waals surface area contributed by atoms with Crippen LogP contribution in [-0.4, -0.2) is 38.9 Å². The van der Waals surface area contributed by atoms with Crippen molar-refractivity contribution in [2.75, 3.05) is 23.9 Å². The Balaban J connectivity index is 1.32. The predicted octanol–water partition coefficient (Wildman–Crippen LogP) is 4.67. The highest BCUT2D eigenvalue weighted by Crippen LogP contribution is 2.30. The number of benzene rings is 3. The molecule has 9 heteroatoms. The zero-order valence-corrected chi connectivity index (χ0v) is 21.2. The van der Waals surface area contributed by atoms with Crippen LogP contribution in [0.1, 0.15) is 5.56 Å². The minimum absolute atomic E-state index is 0.0731. The van der Waals surface area contributed by atoms with E-state index in [9.17, 15) is 9.90 Å². The van der Waals surface area contributed by atoms with Crippen molar-refractivity contribution in [1.82, 2.24) is 14.6 Å². The first-order valence-electron chi connectivity index (χ1n) is 11.8. The van der Waals surface area contributed by atoms with Gasteiger partial charge in [-0.25, -0.2) is 4.98 Å². The van der Waals surface area contributed by atoms with Gasteiger partial charge in [0.25, 0.3) is 5.91 Å². The van der Waals surface area contributed by atoms with Crippen LogP contribution in [-0.2, 0) is 11.3 Å².